The number of alkyl carbamates (subject to hydrolysis) is 1. The van der Waals surface area contributed by atoms with Gasteiger partial charge < -0.3 is 25.2 Å². The molecule has 0 unspecified atom stereocenters. The largest absolute Gasteiger partial charge is 0.446 e. The number of nitrogens with one attached hydrogen (secondary N) is 1. The number of nitrogens with zero attached hydrogens (tertiary/aromatic N) is 1. The van der Waals surface area contributed by atoms with Gasteiger partial charge in [0.05, 0.1) is 12.7 Å². The number of hydrogen-bond donors (Lipinski definition) is 3. The summed E-state index contributed by atoms with van der Waals surface area (Å²) in [7, 11) is 0. The SMILES string of the molecule is C=CCNC(=O)O[C@@H]1CC[C@]2(C)[C@@H](CC[C@@H](O)[C@H]2CC(=O)N2CCCC2)[C@]1(C)CO. The average molecular weight is 423 g/mol. The molecule has 2 amide bonds. The molecule has 3 rings (SSSR count). The van der Waals surface area contributed by atoms with E-state index >= 15 is 0 Å². The number of hydrogen-bond acceptors (Lipinski definition) is 5. The molecule has 30 heavy (non-hydrogen) atoms. The first-order chi connectivity index (χ1) is 14.3. The highest BCUT2D eigenvalue weighted by molar-refractivity contribution is 5.77. The zero-order valence-corrected chi connectivity index (χ0v) is 18.4. The van der Waals surface area contributed by atoms with Crippen LogP contribution in [-0.2, 0) is 9.53 Å². The van der Waals surface area contributed by atoms with Gasteiger partial charge in [0.25, 0.3) is 0 Å². The van der Waals surface area contributed by atoms with E-state index in [0.717, 1.165) is 38.8 Å². The van der Waals surface area contributed by atoms with E-state index in [2.05, 4.69) is 18.8 Å². The highest BCUT2D eigenvalue weighted by Gasteiger charge is 2.60. The summed E-state index contributed by atoms with van der Waals surface area (Å²) in [6.45, 7) is 9.58. The summed E-state index contributed by atoms with van der Waals surface area (Å²) in [6.07, 6.45) is 5.32. The van der Waals surface area contributed by atoms with Crippen LogP contribution in [-0.4, -0.2) is 65.6 Å². The molecule has 1 aliphatic heterocycles. The molecule has 1 saturated heterocycles. The maximum absolute atomic E-state index is 12.9. The van der Waals surface area contributed by atoms with Crippen molar-refractivity contribution in [1.82, 2.24) is 10.2 Å². The minimum Gasteiger partial charge on any atom is -0.446 e. The van der Waals surface area contributed by atoms with Crippen LogP contribution in [0.1, 0.15) is 58.8 Å². The Labute approximate surface area is 179 Å². The Kier molecular flexibility index (Phi) is 7.13. The molecule has 6 atom stereocenters. The molecule has 3 aliphatic rings. The zero-order valence-electron chi connectivity index (χ0n) is 18.4. The lowest BCUT2D eigenvalue weighted by atomic mass is 9.46. The van der Waals surface area contributed by atoms with E-state index in [-0.39, 0.29) is 29.8 Å². The third kappa shape index (κ3) is 4.24. The highest BCUT2D eigenvalue weighted by Crippen LogP contribution is 2.61. The van der Waals surface area contributed by atoms with Crippen LogP contribution in [0.2, 0.25) is 0 Å². The Hall–Kier alpha value is -1.60. The second kappa shape index (κ2) is 9.27. The number of aliphatic hydroxyl groups excluding tert-OH is 2. The number of rotatable bonds is 6. The van der Waals surface area contributed by atoms with E-state index in [4.69, 9.17) is 4.74 Å². The number of aliphatic hydroxyl groups is 2. The fraction of sp³-hybridized carbons (Fsp3) is 0.826. The maximum atomic E-state index is 12.9. The average Bonchev–Trinajstić information content (AvgIpc) is 3.26. The molecule has 0 radical (unpaired) electrons. The van der Waals surface area contributed by atoms with Crippen LogP contribution in [0.5, 0.6) is 0 Å². The van der Waals surface area contributed by atoms with Crippen LogP contribution in [0.15, 0.2) is 12.7 Å². The van der Waals surface area contributed by atoms with Gasteiger partial charge in [-0.25, -0.2) is 4.79 Å². The van der Waals surface area contributed by atoms with Crippen molar-refractivity contribution in [3.63, 3.8) is 0 Å². The smallest absolute Gasteiger partial charge is 0.407 e. The predicted molar refractivity (Wildman–Crippen MR) is 114 cm³/mol. The number of carbonyl (C=O) groups is 2. The molecule has 170 valence electrons. The molecular formula is C23H38N2O5. The maximum Gasteiger partial charge on any atom is 0.407 e. The minimum absolute atomic E-state index is 0.0562. The first-order valence-electron chi connectivity index (χ1n) is 11.4. The lowest BCUT2D eigenvalue weighted by molar-refractivity contribution is -0.187. The number of amides is 2. The lowest BCUT2D eigenvalue weighted by Crippen LogP contribution is -2.61. The minimum atomic E-state index is -0.617. The molecule has 1 heterocycles. The fourth-order valence-electron chi connectivity index (χ4n) is 6.39. The van der Waals surface area contributed by atoms with Crippen LogP contribution >= 0.6 is 0 Å². The molecule has 2 saturated carbocycles. The Morgan fingerprint density at radius 1 is 1.23 bits per heavy atom. The van der Waals surface area contributed by atoms with Crippen molar-refractivity contribution in [2.75, 3.05) is 26.2 Å². The second-order valence-electron chi connectivity index (χ2n) is 9.87. The van der Waals surface area contributed by atoms with Crippen LogP contribution < -0.4 is 5.32 Å². The summed E-state index contributed by atoms with van der Waals surface area (Å²) < 4.78 is 5.72. The molecule has 0 aromatic carbocycles. The van der Waals surface area contributed by atoms with Crippen molar-refractivity contribution in [2.24, 2.45) is 22.7 Å². The van der Waals surface area contributed by atoms with E-state index in [9.17, 15) is 19.8 Å². The van der Waals surface area contributed by atoms with Gasteiger partial charge in [-0.05, 0) is 55.8 Å². The van der Waals surface area contributed by atoms with Gasteiger partial charge in [0.2, 0.25) is 5.91 Å². The monoisotopic (exact) mass is 422 g/mol. The first kappa shape index (κ1) is 23.1. The molecule has 3 N–H and O–H groups in total. The van der Waals surface area contributed by atoms with E-state index in [1.165, 1.54) is 0 Å². The molecule has 7 nitrogen and oxygen atoms in total. The van der Waals surface area contributed by atoms with Gasteiger partial charge in [-0.2, -0.15) is 0 Å². The summed E-state index contributed by atoms with van der Waals surface area (Å²) in [6, 6.07) is 0. The summed E-state index contributed by atoms with van der Waals surface area (Å²) >= 11 is 0. The van der Waals surface area contributed by atoms with Gasteiger partial charge >= 0.3 is 6.09 Å². The van der Waals surface area contributed by atoms with Crippen molar-refractivity contribution in [3.05, 3.63) is 12.7 Å². The van der Waals surface area contributed by atoms with Crippen molar-refractivity contribution in [3.8, 4) is 0 Å². The number of fused-ring (bicyclic) bond motifs is 1. The van der Waals surface area contributed by atoms with Crippen molar-refractivity contribution in [2.45, 2.75) is 71.0 Å². The Bertz CT molecular complexity index is 650. The van der Waals surface area contributed by atoms with Gasteiger partial charge in [0, 0.05) is 31.5 Å². The summed E-state index contributed by atoms with van der Waals surface area (Å²) in [5, 5.41) is 23.9. The Morgan fingerprint density at radius 2 is 1.93 bits per heavy atom. The van der Waals surface area contributed by atoms with Crippen LogP contribution in [0, 0.1) is 22.7 Å². The molecule has 3 fully saturated rings. The summed E-state index contributed by atoms with van der Waals surface area (Å²) in [5.74, 6) is 0.0396. The Balaban J connectivity index is 1.79. The van der Waals surface area contributed by atoms with E-state index < -0.39 is 23.7 Å². The van der Waals surface area contributed by atoms with E-state index in [1.54, 1.807) is 6.08 Å². The summed E-state index contributed by atoms with van der Waals surface area (Å²) in [4.78, 5) is 27.0. The molecule has 0 spiro atoms. The van der Waals surface area contributed by atoms with Crippen molar-refractivity contribution < 1.29 is 24.5 Å². The van der Waals surface area contributed by atoms with Crippen LogP contribution in [0.4, 0.5) is 4.79 Å². The number of likely N-dealkylation sites (tertiary alicyclic amines) is 1. The first-order valence-corrected chi connectivity index (χ1v) is 11.4. The summed E-state index contributed by atoms with van der Waals surface area (Å²) in [5.41, 5.74) is -0.907. The van der Waals surface area contributed by atoms with Gasteiger partial charge in [0.15, 0.2) is 0 Å². The topological polar surface area (TPSA) is 99.1 Å². The standard InChI is InChI=1S/C23H38N2O5/c1-4-11-24-21(29)30-19-9-10-22(2)16(14-20(28)25-12-5-6-13-25)17(27)7-8-18(22)23(19,3)15-26/h4,16-19,26-27H,1,5-15H2,2-3H3,(H,24,29)/t16-,17-,18-,19-,22+,23+/m1/s1. The number of carbonyl (C=O) groups excluding carboxylic acids is 2. The second-order valence-corrected chi connectivity index (χ2v) is 9.87. The van der Waals surface area contributed by atoms with Gasteiger partial charge in [-0.1, -0.05) is 19.9 Å². The van der Waals surface area contributed by atoms with Gasteiger partial charge in [-0.15, -0.1) is 6.58 Å². The van der Waals surface area contributed by atoms with E-state index in [1.807, 2.05) is 11.8 Å². The predicted octanol–water partition coefficient (Wildman–Crippen LogP) is 2.47. The highest BCUT2D eigenvalue weighted by atomic mass is 16.6. The lowest BCUT2D eigenvalue weighted by Gasteiger charge is -2.60. The fourth-order valence-corrected chi connectivity index (χ4v) is 6.39. The van der Waals surface area contributed by atoms with Gasteiger partial charge in [0.1, 0.15) is 6.10 Å². The number of ether oxygens (including phenoxy) is 1. The van der Waals surface area contributed by atoms with Gasteiger partial charge in [-0.3, -0.25) is 4.79 Å². The normalized spacial score (nSPS) is 38.6. The molecule has 0 aromatic rings. The zero-order chi connectivity index (χ0) is 21.9. The Morgan fingerprint density at radius 3 is 2.57 bits per heavy atom. The molecule has 0 bridgehead atoms. The van der Waals surface area contributed by atoms with E-state index in [0.29, 0.717) is 25.8 Å². The van der Waals surface area contributed by atoms with Crippen LogP contribution in [0.3, 0.4) is 0 Å². The third-order valence-electron chi connectivity index (χ3n) is 8.17. The molecule has 0 aromatic heterocycles. The van der Waals surface area contributed by atoms with Crippen LogP contribution in [0.25, 0.3) is 0 Å². The third-order valence-corrected chi connectivity index (χ3v) is 8.17. The van der Waals surface area contributed by atoms with Crippen molar-refractivity contribution >= 4 is 12.0 Å². The van der Waals surface area contributed by atoms with Crippen molar-refractivity contribution in [1.29, 1.82) is 0 Å². The molecular weight excluding hydrogens is 384 g/mol. The molecule has 2 aliphatic carbocycles. The molecule has 7 heteroatoms. The quantitative estimate of drug-likeness (QED) is 0.571.